The normalized spacial score (nSPS) is 51.5. The van der Waals surface area contributed by atoms with Crippen LogP contribution >= 0.6 is 0 Å². The number of halogens is 3. The van der Waals surface area contributed by atoms with Crippen molar-refractivity contribution in [3.63, 3.8) is 0 Å². The van der Waals surface area contributed by atoms with E-state index < -0.39 is 84.4 Å². The molecule has 51 heavy (non-hydrogen) atoms. The summed E-state index contributed by atoms with van der Waals surface area (Å²) in [6.07, 6.45) is -4.21. The van der Waals surface area contributed by atoms with E-state index in [2.05, 4.69) is 13.8 Å². The summed E-state index contributed by atoms with van der Waals surface area (Å²) in [6.45, 7) is 10.3. The summed E-state index contributed by atoms with van der Waals surface area (Å²) in [5, 5.41) is 22.0. The van der Waals surface area contributed by atoms with E-state index in [1.165, 1.54) is 0 Å². The summed E-state index contributed by atoms with van der Waals surface area (Å²) in [7, 11) is 0. The van der Waals surface area contributed by atoms with Crippen LogP contribution in [0.15, 0.2) is 11.3 Å². The van der Waals surface area contributed by atoms with Gasteiger partial charge in [-0.1, -0.05) is 20.8 Å². The highest BCUT2D eigenvalue weighted by Crippen LogP contribution is 2.63. The SMILES string of the molecule is C[C@@H]1CC[C@H]2C(COC[C@H](O)[C@@H](O)CO[C@@]3(C)O[C@@H]4O[C@]5(C)CCC6[C@H](C)CC[C@@H]([C@H]3C)[C@]64OO5)=C(C(F)(F)F)O[C@@H]3O[C@@]4(C)CCC1[C@]32OO4. The molecular weight excluding hydrogens is 681 g/mol. The van der Waals surface area contributed by atoms with E-state index in [1.54, 1.807) is 13.8 Å². The highest BCUT2D eigenvalue weighted by Gasteiger charge is 2.72. The first-order valence-corrected chi connectivity index (χ1v) is 18.8. The number of alkyl halides is 3. The van der Waals surface area contributed by atoms with Gasteiger partial charge in [0.05, 0.1) is 19.8 Å². The molecule has 0 aromatic heterocycles. The smallest absolute Gasteiger partial charge is 0.449 e. The van der Waals surface area contributed by atoms with Crippen LogP contribution in [0.25, 0.3) is 0 Å². The van der Waals surface area contributed by atoms with Crippen molar-refractivity contribution in [1.82, 2.24) is 0 Å². The molecule has 2 saturated carbocycles. The molecule has 15 heteroatoms. The fraction of sp³-hybridized carbons (Fsp3) is 0.944. The predicted molar refractivity (Wildman–Crippen MR) is 167 cm³/mol. The Kier molecular flexibility index (Phi) is 9.00. The van der Waals surface area contributed by atoms with Crippen LogP contribution in [0.3, 0.4) is 0 Å². The van der Waals surface area contributed by atoms with Gasteiger partial charge in [-0.3, -0.25) is 0 Å². The summed E-state index contributed by atoms with van der Waals surface area (Å²) in [5.41, 5.74) is -2.18. The number of ether oxygens (including phenoxy) is 6. The summed E-state index contributed by atoms with van der Waals surface area (Å²) >= 11 is 0. The van der Waals surface area contributed by atoms with Crippen molar-refractivity contribution in [2.75, 3.05) is 19.8 Å². The Balaban J connectivity index is 0.942. The summed E-state index contributed by atoms with van der Waals surface area (Å²) < 4.78 is 80.3. The third-order valence-corrected chi connectivity index (χ3v) is 14.0. The maximum atomic E-state index is 14.5. The molecule has 2 aliphatic carbocycles. The van der Waals surface area contributed by atoms with Gasteiger partial charge in [0.1, 0.15) is 12.2 Å². The van der Waals surface area contributed by atoms with Gasteiger partial charge in [-0.15, -0.1) is 0 Å². The first-order valence-electron chi connectivity index (χ1n) is 18.8. The first kappa shape index (κ1) is 36.8. The van der Waals surface area contributed by atoms with Gasteiger partial charge >= 0.3 is 6.18 Å². The third-order valence-electron chi connectivity index (χ3n) is 14.0. The number of hydrogen-bond acceptors (Lipinski definition) is 12. The van der Waals surface area contributed by atoms with Crippen LogP contribution in [0.5, 0.6) is 0 Å². The molecule has 8 aliphatic heterocycles. The number of fused-ring (bicyclic) bond motifs is 4. The molecule has 2 N–H and O–H groups in total. The molecule has 0 aromatic rings. The topological polar surface area (TPSA) is 133 Å². The number of aliphatic hydroxyl groups is 2. The minimum atomic E-state index is -4.82. The fourth-order valence-electron chi connectivity index (χ4n) is 10.9. The first-order chi connectivity index (χ1) is 23.9. The highest BCUT2D eigenvalue weighted by molar-refractivity contribution is 5.28. The van der Waals surface area contributed by atoms with Gasteiger partial charge in [0.2, 0.25) is 23.6 Å². The molecule has 0 amide bonds. The lowest BCUT2D eigenvalue weighted by Gasteiger charge is -2.62. The molecule has 290 valence electrons. The van der Waals surface area contributed by atoms with Crippen LogP contribution < -0.4 is 0 Å². The molecule has 10 rings (SSSR count). The van der Waals surface area contributed by atoms with Crippen molar-refractivity contribution in [1.29, 1.82) is 0 Å². The van der Waals surface area contributed by atoms with E-state index in [1.807, 2.05) is 13.8 Å². The van der Waals surface area contributed by atoms with Crippen LogP contribution in [0, 0.1) is 41.4 Å². The molecule has 2 unspecified atom stereocenters. The van der Waals surface area contributed by atoms with Crippen molar-refractivity contribution in [3.05, 3.63) is 11.3 Å². The number of rotatable bonds is 8. The zero-order valence-electron chi connectivity index (χ0n) is 30.2. The van der Waals surface area contributed by atoms with Crippen LogP contribution in [0.1, 0.15) is 92.9 Å². The van der Waals surface area contributed by atoms with E-state index in [4.69, 9.17) is 48.0 Å². The Bertz CT molecular complexity index is 1380. The molecular formula is C36H53F3O12. The number of hydrogen-bond donors (Lipinski definition) is 2. The fourth-order valence-corrected chi connectivity index (χ4v) is 10.9. The van der Waals surface area contributed by atoms with Gasteiger partial charge in [-0.25, -0.2) is 19.6 Å². The number of allylic oxidation sites excluding steroid dienone is 1. The van der Waals surface area contributed by atoms with E-state index in [0.717, 1.165) is 19.3 Å². The largest absolute Gasteiger partial charge is 0.456 e. The summed E-state index contributed by atoms with van der Waals surface area (Å²) in [6, 6.07) is 0. The lowest BCUT2D eigenvalue weighted by molar-refractivity contribution is -0.586. The van der Waals surface area contributed by atoms with Gasteiger partial charge in [0, 0.05) is 42.1 Å². The van der Waals surface area contributed by atoms with Crippen LogP contribution in [-0.2, 0) is 48.0 Å². The van der Waals surface area contributed by atoms with Gasteiger partial charge in [0.15, 0.2) is 23.3 Å². The Hall–Kier alpha value is -1.11. The highest BCUT2D eigenvalue weighted by atomic mass is 19.4. The lowest BCUT2D eigenvalue weighted by Crippen LogP contribution is -2.73. The molecule has 7 saturated heterocycles. The molecule has 2 spiro atoms. The minimum Gasteiger partial charge on any atom is -0.456 e. The molecule has 16 atom stereocenters. The minimum absolute atomic E-state index is 0.0168. The zero-order valence-corrected chi connectivity index (χ0v) is 30.2. The van der Waals surface area contributed by atoms with E-state index in [9.17, 15) is 23.4 Å². The van der Waals surface area contributed by atoms with Crippen molar-refractivity contribution in [2.45, 2.75) is 152 Å². The van der Waals surface area contributed by atoms with Gasteiger partial charge in [0.25, 0.3) is 0 Å². The standard InChI is InChI=1S/C36H53F3O12/c1-18-7-9-24-20(3)33(6,47-30-34(24)22(18)11-14-32(5,46-30)49-50-34)43-17-27(41)26(40)16-42-15-21-25-10-8-19(2)23-12-13-31(4)45-29(35(23,25)51-48-31)44-28(21)36(37,38)39/h18-20,22-27,29-30,40-41H,7-17H2,1-6H3/t18-,19-,20-,22?,23?,24+,25+,26+,27+,29-,30+,31-,32+,33+,34-,35-/m1/s1. The van der Waals surface area contributed by atoms with Crippen LogP contribution in [-0.4, -0.2) is 89.6 Å². The van der Waals surface area contributed by atoms with Crippen molar-refractivity contribution in [3.8, 4) is 0 Å². The summed E-state index contributed by atoms with van der Waals surface area (Å²) in [5.74, 6) is -4.97. The van der Waals surface area contributed by atoms with Crippen molar-refractivity contribution >= 4 is 0 Å². The molecule has 8 heterocycles. The second-order valence-electron chi connectivity index (χ2n) is 17.1. The van der Waals surface area contributed by atoms with Gasteiger partial charge < -0.3 is 38.6 Å². The maximum Gasteiger partial charge on any atom is 0.449 e. The average molecular weight is 735 g/mol. The molecule has 12 nitrogen and oxygen atoms in total. The third kappa shape index (κ3) is 5.65. The molecule has 0 aromatic carbocycles. The van der Waals surface area contributed by atoms with Gasteiger partial charge in [-0.2, -0.15) is 13.2 Å². The molecule has 0 radical (unpaired) electrons. The molecule has 9 fully saturated rings. The van der Waals surface area contributed by atoms with Crippen LogP contribution in [0.2, 0.25) is 0 Å². The zero-order chi connectivity index (χ0) is 36.4. The maximum absolute atomic E-state index is 14.5. The lowest BCUT2D eigenvalue weighted by atomic mass is 9.57. The van der Waals surface area contributed by atoms with E-state index in [0.29, 0.717) is 38.0 Å². The Labute approximate surface area is 296 Å². The Morgan fingerprint density at radius 2 is 1.31 bits per heavy atom. The van der Waals surface area contributed by atoms with Crippen molar-refractivity contribution < 1.29 is 71.4 Å². The summed E-state index contributed by atoms with van der Waals surface area (Å²) in [4.78, 5) is 23.8. The Morgan fingerprint density at radius 1 is 0.725 bits per heavy atom. The van der Waals surface area contributed by atoms with E-state index >= 15 is 0 Å². The monoisotopic (exact) mass is 734 g/mol. The average Bonchev–Trinajstić information content (AvgIpc) is 3.44. The molecule has 10 aliphatic rings. The van der Waals surface area contributed by atoms with Crippen LogP contribution in [0.4, 0.5) is 13.2 Å². The quantitative estimate of drug-likeness (QED) is 0.310. The second kappa shape index (κ2) is 12.5. The van der Waals surface area contributed by atoms with E-state index in [-0.39, 0.29) is 41.8 Å². The Morgan fingerprint density at radius 3 is 1.98 bits per heavy atom. The van der Waals surface area contributed by atoms with Gasteiger partial charge in [-0.05, 0) is 77.0 Å². The predicted octanol–water partition coefficient (Wildman–Crippen LogP) is 5.40. The van der Waals surface area contributed by atoms with Crippen molar-refractivity contribution in [2.24, 2.45) is 41.4 Å². The number of aliphatic hydroxyl groups excluding tert-OH is 2. The molecule has 4 bridgehead atoms. The second-order valence-corrected chi connectivity index (χ2v) is 17.1.